The molecule has 0 unspecified atom stereocenters. The molecule has 0 N–H and O–H groups in total. The van der Waals surface area contributed by atoms with Crippen molar-refractivity contribution in [1.29, 1.82) is 0 Å². The molecule has 0 saturated carbocycles. The summed E-state index contributed by atoms with van der Waals surface area (Å²) >= 11 is 1.68. The first-order valence-corrected chi connectivity index (χ1v) is 10.0. The van der Waals surface area contributed by atoms with Crippen LogP contribution in [-0.2, 0) is 6.54 Å². The smallest absolute Gasteiger partial charge is 0.259 e. The van der Waals surface area contributed by atoms with Gasteiger partial charge in [0.15, 0.2) is 0 Å². The molecule has 1 aliphatic heterocycles. The van der Waals surface area contributed by atoms with Crippen molar-refractivity contribution in [1.82, 2.24) is 19.9 Å². The molecule has 2 aromatic heterocycles. The fourth-order valence-electron chi connectivity index (χ4n) is 3.43. The molecule has 1 amide bonds. The van der Waals surface area contributed by atoms with Crippen LogP contribution in [-0.4, -0.2) is 52.0 Å². The molecule has 1 fully saturated rings. The van der Waals surface area contributed by atoms with Gasteiger partial charge in [-0.1, -0.05) is 35.5 Å². The number of aryl methyl sites for hydroxylation is 1. The minimum absolute atomic E-state index is 0.00343. The molecule has 1 aromatic carbocycles. The van der Waals surface area contributed by atoms with E-state index in [-0.39, 0.29) is 5.91 Å². The Morgan fingerprint density at radius 1 is 1.19 bits per heavy atom. The summed E-state index contributed by atoms with van der Waals surface area (Å²) in [5, 5.41) is 7.27. The molecule has 6 nitrogen and oxygen atoms in total. The van der Waals surface area contributed by atoms with Crippen LogP contribution in [0.3, 0.4) is 0 Å². The Labute approximate surface area is 162 Å². The third kappa shape index (κ3) is 3.94. The van der Waals surface area contributed by atoms with Gasteiger partial charge >= 0.3 is 0 Å². The maximum atomic E-state index is 13.2. The highest BCUT2D eigenvalue weighted by Gasteiger charge is 2.27. The number of hydrogen-bond donors (Lipinski definition) is 0. The van der Waals surface area contributed by atoms with Crippen LogP contribution in [0.1, 0.15) is 27.5 Å². The normalized spacial score (nSPS) is 15.7. The lowest BCUT2D eigenvalue weighted by atomic mass is 10.1. The van der Waals surface area contributed by atoms with Gasteiger partial charge in [-0.05, 0) is 13.3 Å². The Kier molecular flexibility index (Phi) is 5.31. The molecule has 0 bridgehead atoms. The molecule has 3 heterocycles. The summed E-state index contributed by atoms with van der Waals surface area (Å²) in [5.74, 6) is 0.575. The number of benzene rings is 1. The first-order chi connectivity index (χ1) is 13.2. The highest BCUT2D eigenvalue weighted by atomic mass is 32.1. The Bertz CT molecular complexity index is 892. The standard InChI is InChI=1S/C20H22N4O2S/c1-15-18(19(22-26-15)16-6-3-2-4-7-16)20(25)24-10-5-9-23(11-12-24)14-17-21-8-13-27-17/h2-4,6-8,13H,5,9-12,14H2,1H3. The van der Waals surface area contributed by atoms with Crippen LogP contribution in [0.2, 0.25) is 0 Å². The summed E-state index contributed by atoms with van der Waals surface area (Å²) in [6.07, 6.45) is 2.79. The van der Waals surface area contributed by atoms with Crippen LogP contribution in [0.25, 0.3) is 11.3 Å². The van der Waals surface area contributed by atoms with Crippen molar-refractivity contribution in [2.75, 3.05) is 26.2 Å². The van der Waals surface area contributed by atoms with E-state index >= 15 is 0 Å². The second-order valence-corrected chi connectivity index (χ2v) is 7.66. The quantitative estimate of drug-likeness (QED) is 0.692. The van der Waals surface area contributed by atoms with E-state index in [2.05, 4.69) is 15.0 Å². The van der Waals surface area contributed by atoms with Crippen molar-refractivity contribution in [3.8, 4) is 11.3 Å². The van der Waals surface area contributed by atoms with E-state index in [0.29, 0.717) is 23.6 Å². The van der Waals surface area contributed by atoms with Gasteiger partial charge in [0, 0.05) is 43.3 Å². The molecule has 1 saturated heterocycles. The number of hydrogen-bond acceptors (Lipinski definition) is 6. The van der Waals surface area contributed by atoms with Gasteiger partial charge in [-0.2, -0.15) is 0 Å². The Morgan fingerprint density at radius 3 is 2.81 bits per heavy atom. The van der Waals surface area contributed by atoms with Gasteiger partial charge in [0.25, 0.3) is 5.91 Å². The monoisotopic (exact) mass is 382 g/mol. The Hall–Kier alpha value is -2.51. The molecule has 4 rings (SSSR count). The highest BCUT2D eigenvalue weighted by molar-refractivity contribution is 7.09. The van der Waals surface area contributed by atoms with Crippen molar-refractivity contribution in [3.05, 3.63) is 58.2 Å². The van der Waals surface area contributed by atoms with E-state index in [4.69, 9.17) is 4.52 Å². The molecular weight excluding hydrogens is 360 g/mol. The van der Waals surface area contributed by atoms with Crippen molar-refractivity contribution in [3.63, 3.8) is 0 Å². The summed E-state index contributed by atoms with van der Waals surface area (Å²) in [6.45, 7) is 5.91. The lowest BCUT2D eigenvalue weighted by Gasteiger charge is -2.21. The molecular formula is C20H22N4O2S. The van der Waals surface area contributed by atoms with E-state index in [1.165, 1.54) is 0 Å². The van der Waals surface area contributed by atoms with Gasteiger partial charge in [-0.25, -0.2) is 4.98 Å². The maximum Gasteiger partial charge on any atom is 0.259 e. The van der Waals surface area contributed by atoms with Crippen LogP contribution in [0.15, 0.2) is 46.4 Å². The molecule has 0 radical (unpaired) electrons. The van der Waals surface area contributed by atoms with Gasteiger partial charge in [-0.15, -0.1) is 11.3 Å². The van der Waals surface area contributed by atoms with E-state index in [0.717, 1.165) is 43.2 Å². The SMILES string of the molecule is Cc1onc(-c2ccccc2)c1C(=O)N1CCCN(Cc2nccs2)CC1. The number of carbonyl (C=O) groups is 1. The second kappa shape index (κ2) is 8.02. The maximum absolute atomic E-state index is 13.2. The van der Waals surface area contributed by atoms with E-state index < -0.39 is 0 Å². The molecule has 0 atom stereocenters. The van der Waals surface area contributed by atoms with Gasteiger partial charge in [-0.3, -0.25) is 9.69 Å². The lowest BCUT2D eigenvalue weighted by molar-refractivity contribution is 0.0760. The molecule has 7 heteroatoms. The third-order valence-electron chi connectivity index (χ3n) is 4.84. The summed E-state index contributed by atoms with van der Waals surface area (Å²) in [6, 6.07) is 9.73. The number of carbonyl (C=O) groups excluding carboxylic acids is 1. The van der Waals surface area contributed by atoms with Crippen molar-refractivity contribution < 1.29 is 9.32 Å². The summed E-state index contributed by atoms with van der Waals surface area (Å²) in [7, 11) is 0. The average molecular weight is 382 g/mol. The number of amides is 1. The lowest BCUT2D eigenvalue weighted by Crippen LogP contribution is -2.35. The predicted molar refractivity (Wildman–Crippen MR) is 105 cm³/mol. The van der Waals surface area contributed by atoms with Gasteiger partial charge < -0.3 is 9.42 Å². The zero-order chi connectivity index (χ0) is 18.6. The summed E-state index contributed by atoms with van der Waals surface area (Å²) in [4.78, 5) is 21.9. The minimum atomic E-state index is 0.00343. The van der Waals surface area contributed by atoms with Gasteiger partial charge in [0.2, 0.25) is 0 Å². The minimum Gasteiger partial charge on any atom is -0.360 e. The molecule has 1 aliphatic rings. The number of aromatic nitrogens is 2. The van der Waals surface area contributed by atoms with E-state index in [1.54, 1.807) is 18.3 Å². The van der Waals surface area contributed by atoms with E-state index in [9.17, 15) is 4.79 Å². The van der Waals surface area contributed by atoms with Crippen LogP contribution in [0, 0.1) is 6.92 Å². The van der Waals surface area contributed by atoms with Crippen molar-refractivity contribution in [2.24, 2.45) is 0 Å². The highest BCUT2D eigenvalue weighted by Crippen LogP contribution is 2.26. The summed E-state index contributed by atoms with van der Waals surface area (Å²) in [5.41, 5.74) is 2.11. The van der Waals surface area contributed by atoms with Gasteiger partial charge in [0.1, 0.15) is 22.0 Å². The van der Waals surface area contributed by atoms with Crippen LogP contribution < -0.4 is 0 Å². The van der Waals surface area contributed by atoms with E-state index in [1.807, 2.05) is 46.8 Å². The predicted octanol–water partition coefficient (Wildman–Crippen LogP) is 3.45. The topological polar surface area (TPSA) is 62.5 Å². The van der Waals surface area contributed by atoms with Crippen molar-refractivity contribution >= 4 is 17.2 Å². The first kappa shape index (κ1) is 17.9. The molecule has 0 aliphatic carbocycles. The Balaban J connectivity index is 1.50. The Morgan fingerprint density at radius 2 is 2.04 bits per heavy atom. The number of thiazole rings is 1. The first-order valence-electron chi connectivity index (χ1n) is 9.14. The zero-order valence-electron chi connectivity index (χ0n) is 15.3. The van der Waals surface area contributed by atoms with Crippen molar-refractivity contribution in [2.45, 2.75) is 19.9 Å². The molecule has 3 aromatic rings. The fourth-order valence-corrected chi connectivity index (χ4v) is 4.09. The second-order valence-electron chi connectivity index (χ2n) is 6.68. The largest absolute Gasteiger partial charge is 0.360 e. The van der Waals surface area contributed by atoms with Crippen LogP contribution in [0.4, 0.5) is 0 Å². The average Bonchev–Trinajstić information content (AvgIpc) is 3.27. The number of rotatable bonds is 4. The molecule has 0 spiro atoms. The number of nitrogens with zero attached hydrogens (tertiary/aromatic N) is 4. The van der Waals surface area contributed by atoms with Crippen LogP contribution in [0.5, 0.6) is 0 Å². The molecule has 27 heavy (non-hydrogen) atoms. The molecule has 140 valence electrons. The van der Waals surface area contributed by atoms with Crippen LogP contribution >= 0.6 is 11.3 Å². The zero-order valence-corrected chi connectivity index (χ0v) is 16.1. The third-order valence-corrected chi connectivity index (χ3v) is 5.61. The van der Waals surface area contributed by atoms with Gasteiger partial charge in [0.05, 0.1) is 6.54 Å². The summed E-state index contributed by atoms with van der Waals surface area (Å²) < 4.78 is 5.37. The fraction of sp³-hybridized carbons (Fsp3) is 0.350.